The van der Waals surface area contributed by atoms with Gasteiger partial charge in [0, 0.05) is 13.1 Å². The van der Waals surface area contributed by atoms with Crippen LogP contribution in [0.5, 0.6) is 0 Å². The summed E-state index contributed by atoms with van der Waals surface area (Å²) in [7, 11) is -3.60. The molecule has 2 aromatic rings. The second kappa shape index (κ2) is 6.16. The summed E-state index contributed by atoms with van der Waals surface area (Å²) in [6.07, 6.45) is 0.170. The van der Waals surface area contributed by atoms with Gasteiger partial charge in [0.1, 0.15) is 6.61 Å². The number of benzene rings is 2. The SMILES string of the molecule is O=C1OC[C@@H]2CCN(S(=O)(=O)c3ccccc3)Cc3ccccc3N12. The first-order valence-electron chi connectivity index (χ1n) is 8.16. The van der Waals surface area contributed by atoms with Crippen LogP contribution in [-0.2, 0) is 21.3 Å². The molecule has 2 aliphatic heterocycles. The number of cyclic esters (lactones) is 1. The number of anilines is 1. The summed E-state index contributed by atoms with van der Waals surface area (Å²) in [6, 6.07) is 15.7. The second-order valence-corrected chi connectivity index (χ2v) is 8.11. The molecule has 0 radical (unpaired) electrons. The van der Waals surface area contributed by atoms with Crippen LogP contribution in [0, 0.1) is 0 Å². The van der Waals surface area contributed by atoms with Crippen LogP contribution in [0.2, 0.25) is 0 Å². The van der Waals surface area contributed by atoms with Crippen LogP contribution in [0.1, 0.15) is 12.0 Å². The number of carbonyl (C=O) groups excluding carboxylic acids is 1. The van der Waals surface area contributed by atoms with Crippen molar-refractivity contribution in [1.29, 1.82) is 0 Å². The number of hydrogen-bond acceptors (Lipinski definition) is 4. The standard InChI is InChI=1S/C18H18N2O4S/c21-18-20-15(13-24-18)10-11-19(12-14-6-4-5-9-17(14)20)25(22,23)16-7-2-1-3-8-16/h1-9,15H,10-13H2/t15-/m0/s1. The van der Waals surface area contributed by atoms with E-state index in [1.165, 1.54) is 4.31 Å². The smallest absolute Gasteiger partial charge is 0.414 e. The van der Waals surface area contributed by atoms with Crippen molar-refractivity contribution in [2.75, 3.05) is 18.1 Å². The van der Waals surface area contributed by atoms with Crippen LogP contribution in [0.15, 0.2) is 59.5 Å². The van der Waals surface area contributed by atoms with Crippen molar-refractivity contribution >= 4 is 21.8 Å². The topological polar surface area (TPSA) is 66.9 Å². The van der Waals surface area contributed by atoms with Crippen LogP contribution in [0.3, 0.4) is 0 Å². The van der Waals surface area contributed by atoms with Gasteiger partial charge >= 0.3 is 6.09 Å². The summed E-state index contributed by atoms with van der Waals surface area (Å²) in [5.41, 5.74) is 1.52. The van der Waals surface area contributed by atoms with Gasteiger partial charge in [0.25, 0.3) is 0 Å². The number of rotatable bonds is 2. The molecule has 25 heavy (non-hydrogen) atoms. The number of ether oxygens (including phenoxy) is 1. The number of carbonyl (C=O) groups is 1. The molecular formula is C18H18N2O4S. The van der Waals surface area contributed by atoms with E-state index in [2.05, 4.69) is 0 Å². The third-order valence-electron chi connectivity index (χ3n) is 4.65. The van der Waals surface area contributed by atoms with E-state index in [0.29, 0.717) is 13.0 Å². The fourth-order valence-electron chi connectivity index (χ4n) is 3.36. The third kappa shape index (κ3) is 2.79. The number of fused-ring (bicyclic) bond motifs is 3. The predicted octanol–water partition coefficient (Wildman–Crippen LogP) is 2.61. The highest BCUT2D eigenvalue weighted by Gasteiger charge is 2.38. The summed E-state index contributed by atoms with van der Waals surface area (Å²) >= 11 is 0. The molecule has 2 aliphatic rings. The Morgan fingerprint density at radius 1 is 1.00 bits per heavy atom. The predicted molar refractivity (Wildman–Crippen MR) is 92.7 cm³/mol. The van der Waals surface area contributed by atoms with E-state index in [9.17, 15) is 13.2 Å². The van der Waals surface area contributed by atoms with Crippen LogP contribution < -0.4 is 4.90 Å². The van der Waals surface area contributed by atoms with Crippen LogP contribution in [0.4, 0.5) is 10.5 Å². The number of hydrogen-bond donors (Lipinski definition) is 0. The quantitative estimate of drug-likeness (QED) is 0.828. The zero-order valence-electron chi connectivity index (χ0n) is 13.5. The summed E-state index contributed by atoms with van der Waals surface area (Å²) < 4.78 is 32.7. The van der Waals surface area contributed by atoms with Gasteiger partial charge in [-0.3, -0.25) is 4.90 Å². The van der Waals surface area contributed by atoms with Crippen molar-refractivity contribution in [1.82, 2.24) is 4.31 Å². The number of sulfonamides is 1. The van der Waals surface area contributed by atoms with Gasteiger partial charge in [0.2, 0.25) is 10.0 Å². The largest absolute Gasteiger partial charge is 0.447 e. The maximum Gasteiger partial charge on any atom is 0.414 e. The Balaban J connectivity index is 1.76. The summed E-state index contributed by atoms with van der Waals surface area (Å²) in [4.78, 5) is 14.0. The molecule has 1 fully saturated rings. The Bertz CT molecular complexity index is 898. The van der Waals surface area contributed by atoms with Gasteiger partial charge in [0.05, 0.1) is 16.6 Å². The van der Waals surface area contributed by atoms with Crippen molar-refractivity contribution in [2.45, 2.75) is 23.9 Å². The molecule has 0 saturated carbocycles. The zero-order chi connectivity index (χ0) is 17.4. The van der Waals surface area contributed by atoms with Gasteiger partial charge in [-0.15, -0.1) is 0 Å². The minimum absolute atomic E-state index is 0.151. The molecule has 1 saturated heterocycles. The van der Waals surface area contributed by atoms with E-state index in [-0.39, 0.29) is 30.2 Å². The Morgan fingerprint density at radius 3 is 2.52 bits per heavy atom. The van der Waals surface area contributed by atoms with E-state index in [4.69, 9.17) is 4.74 Å². The molecule has 7 heteroatoms. The van der Waals surface area contributed by atoms with Crippen molar-refractivity contribution in [3.8, 4) is 0 Å². The number of amides is 1. The lowest BCUT2D eigenvalue weighted by atomic mass is 10.1. The van der Waals surface area contributed by atoms with Gasteiger partial charge in [0.15, 0.2) is 0 Å². The first-order chi connectivity index (χ1) is 12.1. The lowest BCUT2D eigenvalue weighted by Gasteiger charge is -2.31. The fraction of sp³-hybridized carbons (Fsp3) is 0.278. The van der Waals surface area contributed by atoms with Gasteiger partial charge in [-0.2, -0.15) is 4.31 Å². The van der Waals surface area contributed by atoms with E-state index in [0.717, 1.165) is 11.3 Å². The van der Waals surface area contributed by atoms with Gasteiger partial charge in [-0.1, -0.05) is 36.4 Å². The minimum atomic E-state index is -3.60. The fourth-order valence-corrected chi connectivity index (χ4v) is 4.81. The Morgan fingerprint density at radius 2 is 1.72 bits per heavy atom. The Hall–Kier alpha value is -2.38. The molecule has 0 N–H and O–H groups in total. The van der Waals surface area contributed by atoms with Crippen LogP contribution in [-0.4, -0.2) is 38.0 Å². The molecule has 6 nitrogen and oxygen atoms in total. The van der Waals surface area contributed by atoms with Crippen molar-refractivity contribution in [2.24, 2.45) is 0 Å². The molecule has 1 atom stereocenters. The molecular weight excluding hydrogens is 340 g/mol. The molecule has 2 heterocycles. The molecule has 0 bridgehead atoms. The van der Waals surface area contributed by atoms with E-state index in [1.54, 1.807) is 35.2 Å². The Labute approximate surface area is 146 Å². The molecule has 4 rings (SSSR count). The molecule has 1 amide bonds. The zero-order valence-corrected chi connectivity index (χ0v) is 14.4. The summed E-state index contributed by atoms with van der Waals surface area (Å²) in [6.45, 7) is 0.847. The number of para-hydroxylation sites is 1. The average Bonchev–Trinajstić information content (AvgIpc) is 2.97. The van der Waals surface area contributed by atoms with E-state index in [1.807, 2.05) is 24.3 Å². The first kappa shape index (κ1) is 16.1. The molecule has 130 valence electrons. The van der Waals surface area contributed by atoms with Gasteiger partial charge in [-0.05, 0) is 30.2 Å². The van der Waals surface area contributed by atoms with Crippen molar-refractivity contribution < 1.29 is 17.9 Å². The minimum Gasteiger partial charge on any atom is -0.447 e. The highest BCUT2D eigenvalue weighted by molar-refractivity contribution is 7.89. The molecule has 2 aromatic carbocycles. The highest BCUT2D eigenvalue weighted by atomic mass is 32.2. The van der Waals surface area contributed by atoms with Gasteiger partial charge in [-0.25, -0.2) is 13.2 Å². The molecule has 0 aliphatic carbocycles. The van der Waals surface area contributed by atoms with Crippen molar-refractivity contribution in [3.05, 3.63) is 60.2 Å². The lowest BCUT2D eigenvalue weighted by molar-refractivity contribution is 0.178. The normalized spacial score (nSPS) is 21.0. The Kier molecular flexibility index (Phi) is 3.97. The van der Waals surface area contributed by atoms with Gasteiger partial charge < -0.3 is 4.74 Å². The number of nitrogens with zero attached hydrogens (tertiary/aromatic N) is 2. The summed E-state index contributed by atoms with van der Waals surface area (Å²) in [5, 5.41) is 0. The van der Waals surface area contributed by atoms with Crippen LogP contribution in [0.25, 0.3) is 0 Å². The van der Waals surface area contributed by atoms with E-state index < -0.39 is 10.0 Å². The first-order valence-corrected chi connectivity index (χ1v) is 9.60. The lowest BCUT2D eigenvalue weighted by Crippen LogP contribution is -2.42. The maximum absolute atomic E-state index is 13.0. The maximum atomic E-state index is 13.0. The summed E-state index contributed by atoms with van der Waals surface area (Å²) in [5.74, 6) is 0. The third-order valence-corrected chi connectivity index (χ3v) is 6.51. The monoisotopic (exact) mass is 358 g/mol. The second-order valence-electron chi connectivity index (χ2n) is 6.17. The highest BCUT2D eigenvalue weighted by Crippen LogP contribution is 2.33. The molecule has 0 aromatic heterocycles. The van der Waals surface area contributed by atoms with Crippen LogP contribution >= 0.6 is 0 Å². The van der Waals surface area contributed by atoms with E-state index >= 15 is 0 Å². The van der Waals surface area contributed by atoms with Crippen molar-refractivity contribution in [3.63, 3.8) is 0 Å². The molecule has 0 spiro atoms. The average molecular weight is 358 g/mol. The molecule has 0 unspecified atom stereocenters.